The van der Waals surface area contributed by atoms with E-state index in [1.54, 1.807) is 0 Å². The maximum Gasteiger partial charge on any atom is 0.119 e. The molecule has 0 bridgehead atoms. The van der Waals surface area contributed by atoms with E-state index in [-0.39, 0.29) is 6.61 Å². The molecule has 4 heteroatoms. The number of nitrogens with zero attached hydrogens (tertiary/aromatic N) is 2. The molecule has 0 amide bonds. The quantitative estimate of drug-likeness (QED) is 0.753. The number of hydrogen-bond donors (Lipinski definition) is 1. The topological polar surface area (TPSA) is 47.3 Å². The molecule has 0 spiro atoms. The van der Waals surface area contributed by atoms with E-state index in [2.05, 4.69) is 30.3 Å². The third kappa shape index (κ3) is 3.44. The molecule has 126 valence electrons. The number of aliphatic hydroxyl groups is 1. The standard InChI is InChI=1S/C20H24N2O2/c1-4-20-21-18-7-5-6-8-19(18)22(20)12-16(23)13-24-17-10-9-14(2)15(3)11-17/h5-11,16,23H,4,12-13H2,1-3H3/t16-/m0/s1. The molecule has 0 fully saturated rings. The summed E-state index contributed by atoms with van der Waals surface area (Å²) in [6, 6.07) is 14.0. The Morgan fingerprint density at radius 3 is 2.67 bits per heavy atom. The molecule has 0 aliphatic rings. The molecule has 4 nitrogen and oxygen atoms in total. The van der Waals surface area contributed by atoms with Gasteiger partial charge in [0.15, 0.2) is 0 Å². The van der Waals surface area contributed by atoms with E-state index >= 15 is 0 Å². The molecular formula is C20H24N2O2. The van der Waals surface area contributed by atoms with E-state index in [0.29, 0.717) is 6.54 Å². The molecule has 1 aromatic heterocycles. The molecule has 0 unspecified atom stereocenters. The highest BCUT2D eigenvalue weighted by Gasteiger charge is 2.13. The van der Waals surface area contributed by atoms with Crippen LogP contribution < -0.4 is 4.74 Å². The molecular weight excluding hydrogens is 300 g/mol. The summed E-state index contributed by atoms with van der Waals surface area (Å²) < 4.78 is 7.84. The summed E-state index contributed by atoms with van der Waals surface area (Å²) in [5.41, 5.74) is 4.45. The number of aliphatic hydroxyl groups excluding tert-OH is 1. The zero-order chi connectivity index (χ0) is 17.1. The van der Waals surface area contributed by atoms with Crippen molar-refractivity contribution >= 4 is 11.0 Å². The van der Waals surface area contributed by atoms with Crippen LogP contribution in [0.15, 0.2) is 42.5 Å². The van der Waals surface area contributed by atoms with E-state index in [0.717, 1.165) is 29.0 Å². The zero-order valence-corrected chi connectivity index (χ0v) is 14.5. The van der Waals surface area contributed by atoms with E-state index in [1.165, 1.54) is 11.1 Å². The normalized spacial score (nSPS) is 12.5. The van der Waals surface area contributed by atoms with Gasteiger partial charge in [0.1, 0.15) is 24.3 Å². The summed E-state index contributed by atoms with van der Waals surface area (Å²) in [4.78, 5) is 4.63. The minimum atomic E-state index is -0.588. The van der Waals surface area contributed by atoms with Gasteiger partial charge in [-0.1, -0.05) is 25.1 Å². The van der Waals surface area contributed by atoms with Crippen molar-refractivity contribution in [1.82, 2.24) is 9.55 Å². The summed E-state index contributed by atoms with van der Waals surface area (Å²) in [6.45, 7) is 6.95. The molecule has 3 rings (SSSR count). The Balaban J connectivity index is 1.70. The van der Waals surface area contributed by atoms with Gasteiger partial charge in [-0.05, 0) is 49.2 Å². The fourth-order valence-electron chi connectivity index (χ4n) is 2.86. The van der Waals surface area contributed by atoms with Crippen LogP contribution in [0.2, 0.25) is 0 Å². The van der Waals surface area contributed by atoms with Gasteiger partial charge in [0, 0.05) is 6.42 Å². The number of rotatable bonds is 6. The number of fused-ring (bicyclic) bond motifs is 1. The highest BCUT2D eigenvalue weighted by molar-refractivity contribution is 5.75. The Morgan fingerprint density at radius 2 is 1.92 bits per heavy atom. The molecule has 3 aromatic rings. The van der Waals surface area contributed by atoms with Crippen molar-refractivity contribution in [2.75, 3.05) is 6.61 Å². The summed E-state index contributed by atoms with van der Waals surface area (Å²) in [7, 11) is 0. The third-order valence-electron chi connectivity index (χ3n) is 4.36. The van der Waals surface area contributed by atoms with E-state index in [4.69, 9.17) is 4.74 Å². The van der Waals surface area contributed by atoms with Crippen LogP contribution in [0.4, 0.5) is 0 Å². The van der Waals surface area contributed by atoms with Crippen LogP contribution in [-0.2, 0) is 13.0 Å². The summed E-state index contributed by atoms with van der Waals surface area (Å²) in [5, 5.41) is 10.4. The first-order valence-corrected chi connectivity index (χ1v) is 8.40. The number of benzene rings is 2. The van der Waals surface area contributed by atoms with Gasteiger partial charge >= 0.3 is 0 Å². The lowest BCUT2D eigenvalue weighted by molar-refractivity contribution is 0.0927. The summed E-state index contributed by atoms with van der Waals surface area (Å²) in [5.74, 6) is 1.78. The molecule has 0 aliphatic carbocycles. The number of aromatic nitrogens is 2. The zero-order valence-electron chi connectivity index (χ0n) is 14.5. The minimum absolute atomic E-state index is 0.262. The number of para-hydroxylation sites is 2. The second-order valence-electron chi connectivity index (χ2n) is 6.19. The van der Waals surface area contributed by atoms with Crippen LogP contribution in [0.5, 0.6) is 5.75 Å². The molecule has 0 saturated carbocycles. The first-order valence-electron chi connectivity index (χ1n) is 8.40. The van der Waals surface area contributed by atoms with Crippen LogP contribution in [-0.4, -0.2) is 27.4 Å². The highest BCUT2D eigenvalue weighted by atomic mass is 16.5. The van der Waals surface area contributed by atoms with E-state index < -0.39 is 6.10 Å². The lowest BCUT2D eigenvalue weighted by Gasteiger charge is -2.16. The van der Waals surface area contributed by atoms with Gasteiger partial charge in [-0.2, -0.15) is 0 Å². The molecule has 0 saturated heterocycles. The SMILES string of the molecule is CCc1nc2ccccc2n1C[C@H](O)COc1ccc(C)c(C)c1. The highest BCUT2D eigenvalue weighted by Crippen LogP contribution is 2.19. The molecule has 2 aromatic carbocycles. The number of ether oxygens (including phenoxy) is 1. The van der Waals surface area contributed by atoms with Gasteiger partial charge in [-0.25, -0.2) is 4.98 Å². The van der Waals surface area contributed by atoms with Crippen molar-refractivity contribution in [1.29, 1.82) is 0 Å². The van der Waals surface area contributed by atoms with Crippen molar-refractivity contribution in [2.45, 2.75) is 39.8 Å². The average molecular weight is 324 g/mol. The summed E-state index contributed by atoms with van der Waals surface area (Å²) in [6.07, 6.45) is 0.244. The first kappa shape index (κ1) is 16.5. The maximum atomic E-state index is 10.4. The van der Waals surface area contributed by atoms with E-state index in [1.807, 2.05) is 42.5 Å². The van der Waals surface area contributed by atoms with Gasteiger partial charge < -0.3 is 14.4 Å². The predicted molar refractivity (Wildman–Crippen MR) is 96.5 cm³/mol. The van der Waals surface area contributed by atoms with Gasteiger partial charge in [0.05, 0.1) is 17.6 Å². The van der Waals surface area contributed by atoms with Crippen LogP contribution in [0.25, 0.3) is 11.0 Å². The Morgan fingerprint density at radius 1 is 1.12 bits per heavy atom. The van der Waals surface area contributed by atoms with Crippen molar-refractivity contribution < 1.29 is 9.84 Å². The van der Waals surface area contributed by atoms with Gasteiger partial charge in [0.25, 0.3) is 0 Å². The smallest absolute Gasteiger partial charge is 0.119 e. The Bertz CT molecular complexity index is 839. The molecule has 0 aliphatic heterocycles. The fraction of sp³-hybridized carbons (Fsp3) is 0.350. The predicted octanol–water partition coefficient (Wildman–Crippen LogP) is 3.66. The van der Waals surface area contributed by atoms with Crippen molar-refractivity contribution in [2.24, 2.45) is 0 Å². The molecule has 0 radical (unpaired) electrons. The first-order chi connectivity index (χ1) is 11.6. The second-order valence-corrected chi connectivity index (χ2v) is 6.19. The lowest BCUT2D eigenvalue weighted by atomic mass is 10.1. The lowest BCUT2D eigenvalue weighted by Crippen LogP contribution is -2.24. The van der Waals surface area contributed by atoms with Gasteiger partial charge in [-0.3, -0.25) is 0 Å². The third-order valence-corrected chi connectivity index (χ3v) is 4.36. The number of imidazole rings is 1. The van der Waals surface area contributed by atoms with Crippen molar-refractivity contribution in [3.63, 3.8) is 0 Å². The van der Waals surface area contributed by atoms with Crippen LogP contribution in [0.1, 0.15) is 23.9 Å². The van der Waals surface area contributed by atoms with Crippen molar-refractivity contribution in [3.8, 4) is 5.75 Å². The Hall–Kier alpha value is -2.33. The maximum absolute atomic E-state index is 10.4. The van der Waals surface area contributed by atoms with Gasteiger partial charge in [0.2, 0.25) is 0 Å². The van der Waals surface area contributed by atoms with Gasteiger partial charge in [-0.15, -0.1) is 0 Å². The van der Waals surface area contributed by atoms with E-state index in [9.17, 15) is 5.11 Å². The largest absolute Gasteiger partial charge is 0.491 e. The second kappa shape index (κ2) is 7.05. The molecule has 1 atom stereocenters. The average Bonchev–Trinajstić information content (AvgIpc) is 2.94. The monoisotopic (exact) mass is 324 g/mol. The van der Waals surface area contributed by atoms with Crippen molar-refractivity contribution in [3.05, 3.63) is 59.4 Å². The fourth-order valence-corrected chi connectivity index (χ4v) is 2.86. The number of hydrogen-bond acceptors (Lipinski definition) is 3. The Kier molecular flexibility index (Phi) is 4.86. The minimum Gasteiger partial charge on any atom is -0.491 e. The van der Waals surface area contributed by atoms with Crippen LogP contribution in [0.3, 0.4) is 0 Å². The molecule has 1 N–H and O–H groups in total. The molecule has 24 heavy (non-hydrogen) atoms. The van der Waals surface area contributed by atoms with Crippen LogP contribution >= 0.6 is 0 Å². The molecule has 1 heterocycles. The number of aryl methyl sites for hydroxylation is 3. The Labute approximate surface area is 142 Å². The summed E-state index contributed by atoms with van der Waals surface area (Å²) >= 11 is 0. The van der Waals surface area contributed by atoms with Crippen LogP contribution in [0, 0.1) is 13.8 Å².